The largest absolute Gasteiger partial charge is 0.392 e. The van der Waals surface area contributed by atoms with Gasteiger partial charge in [-0.15, -0.1) is 0 Å². The third kappa shape index (κ3) is 4.31. The molecule has 0 spiro atoms. The normalized spacial score (nSPS) is 12.2. The fraction of sp³-hybridized carbons (Fsp3) is 0.333. The van der Waals surface area contributed by atoms with E-state index in [-0.39, 0.29) is 6.61 Å². The zero-order valence-corrected chi connectivity index (χ0v) is 13.0. The van der Waals surface area contributed by atoms with Crippen molar-refractivity contribution in [3.8, 4) is 0 Å². The monoisotopic (exact) mass is 284 g/mol. The van der Waals surface area contributed by atoms with Gasteiger partial charge in [0.05, 0.1) is 6.61 Å². The summed E-state index contributed by atoms with van der Waals surface area (Å²) in [4.78, 5) is 2.10. The van der Waals surface area contributed by atoms with Gasteiger partial charge in [-0.1, -0.05) is 36.4 Å². The SMILES string of the molecule is CC(NCc1ccc(CO)cc1)c1ccc(N(C)C)cc1. The van der Waals surface area contributed by atoms with Crippen LogP contribution in [0.1, 0.15) is 29.7 Å². The van der Waals surface area contributed by atoms with E-state index in [2.05, 4.69) is 53.5 Å². The molecule has 1 atom stereocenters. The van der Waals surface area contributed by atoms with E-state index < -0.39 is 0 Å². The Hall–Kier alpha value is -1.84. The smallest absolute Gasteiger partial charge is 0.0681 e. The summed E-state index contributed by atoms with van der Waals surface area (Å²) in [6.07, 6.45) is 0. The van der Waals surface area contributed by atoms with Crippen LogP contribution in [0.3, 0.4) is 0 Å². The Morgan fingerprint density at radius 2 is 1.52 bits per heavy atom. The minimum atomic E-state index is 0.0995. The Kier molecular flexibility index (Phi) is 5.37. The first-order valence-electron chi connectivity index (χ1n) is 7.29. The van der Waals surface area contributed by atoms with Crippen molar-refractivity contribution in [2.75, 3.05) is 19.0 Å². The number of benzene rings is 2. The molecule has 0 radical (unpaired) electrons. The molecule has 0 amide bonds. The van der Waals surface area contributed by atoms with Gasteiger partial charge in [-0.2, -0.15) is 0 Å². The summed E-state index contributed by atoms with van der Waals surface area (Å²) in [7, 11) is 4.10. The molecule has 0 aliphatic heterocycles. The van der Waals surface area contributed by atoms with Gasteiger partial charge in [0, 0.05) is 32.4 Å². The summed E-state index contributed by atoms with van der Waals surface area (Å²) >= 11 is 0. The number of aliphatic hydroxyl groups excluding tert-OH is 1. The molecule has 0 aliphatic rings. The molecular formula is C18H24N2O. The summed E-state index contributed by atoms with van der Waals surface area (Å²) in [5, 5.41) is 12.6. The van der Waals surface area contributed by atoms with Crippen molar-refractivity contribution in [2.24, 2.45) is 0 Å². The molecular weight excluding hydrogens is 260 g/mol. The van der Waals surface area contributed by atoms with Gasteiger partial charge in [-0.05, 0) is 35.7 Å². The molecule has 3 heteroatoms. The van der Waals surface area contributed by atoms with Gasteiger partial charge in [-0.25, -0.2) is 0 Å². The molecule has 0 saturated carbocycles. The molecule has 0 saturated heterocycles. The molecule has 2 rings (SSSR count). The van der Waals surface area contributed by atoms with Crippen LogP contribution >= 0.6 is 0 Å². The predicted molar refractivity (Wildman–Crippen MR) is 88.4 cm³/mol. The van der Waals surface area contributed by atoms with Gasteiger partial charge >= 0.3 is 0 Å². The van der Waals surface area contributed by atoms with Crippen LogP contribution in [-0.2, 0) is 13.2 Å². The standard InChI is InChI=1S/C18H24N2O/c1-14(17-8-10-18(11-9-17)20(2)3)19-12-15-4-6-16(13-21)7-5-15/h4-11,14,19,21H,12-13H2,1-3H3. The average molecular weight is 284 g/mol. The predicted octanol–water partition coefficient (Wildman–Crippen LogP) is 3.10. The van der Waals surface area contributed by atoms with Crippen LogP contribution < -0.4 is 10.2 Å². The second-order valence-electron chi connectivity index (χ2n) is 5.56. The second kappa shape index (κ2) is 7.25. The first kappa shape index (κ1) is 15.5. The van der Waals surface area contributed by atoms with Gasteiger partial charge in [0.1, 0.15) is 0 Å². The summed E-state index contributed by atoms with van der Waals surface area (Å²) in [6.45, 7) is 3.09. The van der Waals surface area contributed by atoms with Gasteiger partial charge in [0.15, 0.2) is 0 Å². The van der Waals surface area contributed by atoms with Crippen molar-refractivity contribution >= 4 is 5.69 Å². The summed E-state index contributed by atoms with van der Waals surface area (Å²) in [5.41, 5.74) is 4.67. The molecule has 21 heavy (non-hydrogen) atoms. The number of anilines is 1. The highest BCUT2D eigenvalue weighted by Crippen LogP contribution is 2.18. The van der Waals surface area contributed by atoms with E-state index in [1.54, 1.807) is 0 Å². The van der Waals surface area contributed by atoms with Crippen LogP contribution in [0.25, 0.3) is 0 Å². The highest BCUT2D eigenvalue weighted by Gasteiger charge is 2.05. The quantitative estimate of drug-likeness (QED) is 0.855. The van der Waals surface area contributed by atoms with E-state index in [1.165, 1.54) is 16.8 Å². The van der Waals surface area contributed by atoms with Crippen molar-refractivity contribution in [3.05, 3.63) is 65.2 Å². The topological polar surface area (TPSA) is 35.5 Å². The Morgan fingerprint density at radius 1 is 0.952 bits per heavy atom. The molecule has 0 fully saturated rings. The van der Waals surface area contributed by atoms with Crippen LogP contribution in [0.2, 0.25) is 0 Å². The summed E-state index contributed by atoms with van der Waals surface area (Å²) in [5.74, 6) is 0. The summed E-state index contributed by atoms with van der Waals surface area (Å²) < 4.78 is 0. The lowest BCUT2D eigenvalue weighted by molar-refractivity contribution is 0.282. The van der Waals surface area contributed by atoms with Crippen LogP contribution in [0.15, 0.2) is 48.5 Å². The first-order chi connectivity index (χ1) is 10.1. The number of hydrogen-bond donors (Lipinski definition) is 2. The van der Waals surface area contributed by atoms with E-state index in [0.29, 0.717) is 6.04 Å². The molecule has 0 aliphatic carbocycles. The minimum absolute atomic E-state index is 0.0995. The van der Waals surface area contributed by atoms with E-state index in [1.807, 2.05) is 26.2 Å². The van der Waals surface area contributed by atoms with Crippen molar-refractivity contribution in [1.29, 1.82) is 0 Å². The Morgan fingerprint density at radius 3 is 2.05 bits per heavy atom. The lowest BCUT2D eigenvalue weighted by atomic mass is 10.1. The molecule has 2 aromatic rings. The molecule has 3 nitrogen and oxygen atoms in total. The molecule has 1 unspecified atom stereocenters. The van der Waals surface area contributed by atoms with Gasteiger partial charge in [0.25, 0.3) is 0 Å². The van der Waals surface area contributed by atoms with E-state index in [0.717, 1.165) is 12.1 Å². The van der Waals surface area contributed by atoms with Gasteiger partial charge < -0.3 is 15.3 Å². The highest BCUT2D eigenvalue weighted by molar-refractivity contribution is 5.46. The highest BCUT2D eigenvalue weighted by atomic mass is 16.3. The van der Waals surface area contributed by atoms with Crippen molar-refractivity contribution in [2.45, 2.75) is 26.1 Å². The van der Waals surface area contributed by atoms with Crippen molar-refractivity contribution in [3.63, 3.8) is 0 Å². The van der Waals surface area contributed by atoms with Crippen molar-refractivity contribution < 1.29 is 5.11 Å². The third-order valence-corrected chi connectivity index (χ3v) is 3.73. The second-order valence-corrected chi connectivity index (χ2v) is 5.56. The summed E-state index contributed by atoms with van der Waals surface area (Å²) in [6, 6.07) is 17.0. The van der Waals surface area contributed by atoms with Crippen LogP contribution in [0, 0.1) is 0 Å². The molecule has 0 bridgehead atoms. The molecule has 2 N–H and O–H groups in total. The zero-order valence-electron chi connectivity index (χ0n) is 13.0. The minimum Gasteiger partial charge on any atom is -0.392 e. The maximum absolute atomic E-state index is 9.04. The maximum atomic E-state index is 9.04. The molecule has 0 aromatic heterocycles. The number of nitrogens with one attached hydrogen (secondary N) is 1. The van der Waals surface area contributed by atoms with E-state index >= 15 is 0 Å². The third-order valence-electron chi connectivity index (χ3n) is 3.73. The van der Waals surface area contributed by atoms with Crippen molar-refractivity contribution in [1.82, 2.24) is 5.32 Å². The lowest BCUT2D eigenvalue weighted by Crippen LogP contribution is -2.18. The molecule has 112 valence electrons. The van der Waals surface area contributed by atoms with E-state index in [9.17, 15) is 0 Å². The zero-order chi connectivity index (χ0) is 15.2. The van der Waals surface area contributed by atoms with Crippen LogP contribution in [0.4, 0.5) is 5.69 Å². The van der Waals surface area contributed by atoms with Crippen LogP contribution in [0.5, 0.6) is 0 Å². The number of aliphatic hydroxyl groups is 1. The number of nitrogens with zero attached hydrogens (tertiary/aromatic N) is 1. The Labute approximate surface area is 127 Å². The fourth-order valence-electron chi connectivity index (χ4n) is 2.21. The molecule has 2 aromatic carbocycles. The van der Waals surface area contributed by atoms with Gasteiger partial charge in [0.2, 0.25) is 0 Å². The fourth-order valence-corrected chi connectivity index (χ4v) is 2.21. The number of hydrogen-bond acceptors (Lipinski definition) is 3. The first-order valence-corrected chi connectivity index (χ1v) is 7.29. The molecule has 0 heterocycles. The maximum Gasteiger partial charge on any atom is 0.0681 e. The number of rotatable bonds is 6. The average Bonchev–Trinajstić information content (AvgIpc) is 2.53. The Balaban J connectivity index is 1.92. The Bertz CT molecular complexity index is 546. The lowest BCUT2D eigenvalue weighted by Gasteiger charge is -2.17. The van der Waals surface area contributed by atoms with Crippen LogP contribution in [-0.4, -0.2) is 19.2 Å². The van der Waals surface area contributed by atoms with E-state index in [4.69, 9.17) is 5.11 Å². The van der Waals surface area contributed by atoms with Gasteiger partial charge in [-0.3, -0.25) is 0 Å².